The van der Waals surface area contributed by atoms with Crippen molar-refractivity contribution in [1.82, 2.24) is 4.31 Å². The van der Waals surface area contributed by atoms with Crippen LogP contribution < -0.4 is 10.1 Å². The number of piperidine rings is 1. The first-order valence-electron chi connectivity index (χ1n) is 8.72. The third kappa shape index (κ3) is 4.51. The van der Waals surface area contributed by atoms with E-state index in [0.717, 1.165) is 0 Å². The first-order valence-corrected chi connectivity index (χ1v) is 11.3. The Kier molecular flexibility index (Phi) is 6.65. The topological polar surface area (TPSA) is 75.7 Å². The molecule has 1 aliphatic heterocycles. The molecule has 1 N–H and O–H groups in total. The number of hydrogen-bond acceptors (Lipinski definition) is 4. The second kappa shape index (κ2) is 8.82. The van der Waals surface area contributed by atoms with Crippen LogP contribution >= 0.6 is 27.5 Å². The van der Waals surface area contributed by atoms with Gasteiger partial charge in [-0.1, -0.05) is 39.7 Å². The molecule has 1 amide bonds. The average Bonchev–Trinajstić information content (AvgIpc) is 2.68. The molecule has 0 unspecified atom stereocenters. The highest BCUT2D eigenvalue weighted by Crippen LogP contribution is 2.31. The van der Waals surface area contributed by atoms with Gasteiger partial charge in [-0.25, -0.2) is 8.42 Å². The standard InChI is InChI=1S/C19H20BrClN2O4S/c1-27-17-5-3-2-4-16(17)22-19(24)13-8-10-23(11-9-13)28(25,26)18-7-6-14(20)12-15(18)21/h2-7,12-13H,8-11H2,1H3,(H,22,24). The molecule has 28 heavy (non-hydrogen) atoms. The minimum Gasteiger partial charge on any atom is -0.495 e. The van der Waals surface area contributed by atoms with Gasteiger partial charge >= 0.3 is 0 Å². The number of ether oxygens (including phenoxy) is 1. The Morgan fingerprint density at radius 1 is 1.21 bits per heavy atom. The SMILES string of the molecule is COc1ccccc1NC(=O)C1CCN(S(=O)(=O)c2ccc(Br)cc2Cl)CC1. The highest BCUT2D eigenvalue weighted by atomic mass is 79.9. The zero-order chi connectivity index (χ0) is 20.3. The number of anilines is 1. The molecular formula is C19H20BrClN2O4S. The normalized spacial score (nSPS) is 16.0. The number of halogens is 2. The van der Waals surface area contributed by atoms with Gasteiger partial charge in [-0.3, -0.25) is 4.79 Å². The number of benzene rings is 2. The lowest BCUT2D eigenvalue weighted by Gasteiger charge is -2.30. The largest absolute Gasteiger partial charge is 0.495 e. The van der Waals surface area contributed by atoms with Crippen LogP contribution in [-0.4, -0.2) is 38.8 Å². The maximum atomic E-state index is 12.9. The molecule has 3 rings (SSSR count). The Balaban J connectivity index is 1.66. The molecule has 0 aromatic heterocycles. The smallest absolute Gasteiger partial charge is 0.244 e. The van der Waals surface area contributed by atoms with Crippen LogP contribution in [0, 0.1) is 5.92 Å². The van der Waals surface area contributed by atoms with E-state index in [9.17, 15) is 13.2 Å². The van der Waals surface area contributed by atoms with Crippen molar-refractivity contribution in [2.45, 2.75) is 17.7 Å². The van der Waals surface area contributed by atoms with Gasteiger partial charge in [0.15, 0.2) is 0 Å². The average molecular weight is 488 g/mol. The van der Waals surface area contributed by atoms with Crippen LogP contribution in [0.25, 0.3) is 0 Å². The molecule has 0 aliphatic carbocycles. The van der Waals surface area contributed by atoms with Crippen LogP contribution in [0.1, 0.15) is 12.8 Å². The number of methoxy groups -OCH3 is 1. The molecule has 0 spiro atoms. The van der Waals surface area contributed by atoms with E-state index in [1.54, 1.807) is 31.4 Å². The molecule has 9 heteroatoms. The first kappa shape index (κ1) is 21.1. The van der Waals surface area contributed by atoms with Gasteiger partial charge in [0, 0.05) is 23.5 Å². The monoisotopic (exact) mass is 486 g/mol. The molecule has 2 aromatic rings. The molecule has 1 saturated heterocycles. The lowest BCUT2D eigenvalue weighted by Crippen LogP contribution is -2.41. The van der Waals surface area contributed by atoms with E-state index in [2.05, 4.69) is 21.2 Å². The van der Waals surface area contributed by atoms with E-state index in [1.807, 2.05) is 12.1 Å². The number of para-hydroxylation sites is 2. The summed E-state index contributed by atoms with van der Waals surface area (Å²) in [5, 5.41) is 3.05. The van der Waals surface area contributed by atoms with Crippen molar-refractivity contribution in [2.75, 3.05) is 25.5 Å². The van der Waals surface area contributed by atoms with Gasteiger partial charge in [0.25, 0.3) is 0 Å². The summed E-state index contributed by atoms with van der Waals surface area (Å²) in [7, 11) is -2.16. The fraction of sp³-hybridized carbons (Fsp3) is 0.316. The molecule has 2 aromatic carbocycles. The Morgan fingerprint density at radius 3 is 2.54 bits per heavy atom. The minimum absolute atomic E-state index is 0.0780. The molecule has 150 valence electrons. The molecule has 0 bridgehead atoms. The van der Waals surface area contributed by atoms with Gasteiger partial charge in [0.1, 0.15) is 10.6 Å². The highest BCUT2D eigenvalue weighted by Gasteiger charge is 2.33. The molecule has 0 radical (unpaired) electrons. The van der Waals surface area contributed by atoms with E-state index < -0.39 is 10.0 Å². The van der Waals surface area contributed by atoms with Gasteiger partial charge < -0.3 is 10.1 Å². The third-order valence-electron chi connectivity index (χ3n) is 4.70. The fourth-order valence-electron chi connectivity index (χ4n) is 3.16. The molecule has 1 heterocycles. The summed E-state index contributed by atoms with van der Waals surface area (Å²) in [6, 6.07) is 11.9. The lowest BCUT2D eigenvalue weighted by atomic mass is 9.97. The minimum atomic E-state index is -3.70. The zero-order valence-electron chi connectivity index (χ0n) is 15.2. The maximum Gasteiger partial charge on any atom is 0.244 e. The van der Waals surface area contributed by atoms with E-state index in [4.69, 9.17) is 16.3 Å². The van der Waals surface area contributed by atoms with E-state index in [1.165, 1.54) is 10.4 Å². The van der Waals surface area contributed by atoms with Crippen LogP contribution in [0.2, 0.25) is 5.02 Å². The predicted molar refractivity (Wildman–Crippen MR) is 112 cm³/mol. The molecule has 0 atom stereocenters. The molecule has 1 aliphatic rings. The number of nitrogens with zero attached hydrogens (tertiary/aromatic N) is 1. The van der Waals surface area contributed by atoms with E-state index >= 15 is 0 Å². The van der Waals surface area contributed by atoms with Crippen LogP contribution in [0.4, 0.5) is 5.69 Å². The molecular weight excluding hydrogens is 468 g/mol. The predicted octanol–water partition coefficient (Wildman–Crippen LogP) is 4.15. The number of carbonyl (C=O) groups excluding carboxylic acids is 1. The molecule has 0 saturated carbocycles. The van der Waals surface area contributed by atoms with E-state index in [-0.39, 0.29) is 34.8 Å². The van der Waals surface area contributed by atoms with Crippen LogP contribution in [0.15, 0.2) is 51.8 Å². The van der Waals surface area contributed by atoms with Crippen molar-refractivity contribution in [3.63, 3.8) is 0 Å². The first-order chi connectivity index (χ1) is 13.3. The van der Waals surface area contributed by atoms with Gasteiger partial charge in [0.2, 0.25) is 15.9 Å². The highest BCUT2D eigenvalue weighted by molar-refractivity contribution is 9.10. The van der Waals surface area contributed by atoms with Gasteiger partial charge in [-0.2, -0.15) is 4.31 Å². The molecule has 6 nitrogen and oxygen atoms in total. The second-order valence-corrected chi connectivity index (χ2v) is 9.67. The number of nitrogens with one attached hydrogen (secondary N) is 1. The van der Waals surface area contributed by atoms with Crippen molar-refractivity contribution in [1.29, 1.82) is 0 Å². The summed E-state index contributed by atoms with van der Waals surface area (Å²) in [4.78, 5) is 12.7. The van der Waals surface area contributed by atoms with Gasteiger partial charge in [-0.15, -0.1) is 0 Å². The maximum absolute atomic E-state index is 12.9. The number of sulfonamides is 1. The number of amides is 1. The molecule has 1 fully saturated rings. The Morgan fingerprint density at radius 2 is 1.89 bits per heavy atom. The summed E-state index contributed by atoms with van der Waals surface area (Å²) in [5.41, 5.74) is 0.603. The van der Waals surface area contributed by atoms with Crippen LogP contribution in [0.5, 0.6) is 5.75 Å². The number of carbonyl (C=O) groups is 1. The summed E-state index contributed by atoms with van der Waals surface area (Å²) in [6.07, 6.45) is 0.878. The fourth-order valence-corrected chi connectivity index (χ4v) is 5.65. The third-order valence-corrected chi connectivity index (χ3v) is 7.58. The van der Waals surface area contributed by atoms with Crippen molar-refractivity contribution in [2.24, 2.45) is 5.92 Å². The lowest BCUT2D eigenvalue weighted by molar-refractivity contribution is -0.120. The number of rotatable bonds is 5. The van der Waals surface area contributed by atoms with Gasteiger partial charge in [-0.05, 0) is 43.2 Å². The number of hydrogen-bond donors (Lipinski definition) is 1. The van der Waals surface area contributed by atoms with Crippen LogP contribution in [0.3, 0.4) is 0 Å². The summed E-state index contributed by atoms with van der Waals surface area (Å²) >= 11 is 9.39. The summed E-state index contributed by atoms with van der Waals surface area (Å²) in [6.45, 7) is 0.525. The second-order valence-electron chi connectivity index (χ2n) is 6.44. The zero-order valence-corrected chi connectivity index (χ0v) is 18.4. The van der Waals surface area contributed by atoms with Crippen molar-refractivity contribution in [3.8, 4) is 5.75 Å². The van der Waals surface area contributed by atoms with Gasteiger partial charge in [0.05, 0.1) is 17.8 Å². The summed E-state index contributed by atoms with van der Waals surface area (Å²) < 4.78 is 33.1. The Labute approximate surface area is 178 Å². The van der Waals surface area contributed by atoms with Crippen molar-refractivity contribution in [3.05, 3.63) is 52.0 Å². The Hall–Kier alpha value is -1.61. The van der Waals surface area contributed by atoms with E-state index in [0.29, 0.717) is 28.8 Å². The van der Waals surface area contributed by atoms with Crippen molar-refractivity contribution >= 4 is 49.1 Å². The Bertz CT molecular complexity index is 976. The van der Waals surface area contributed by atoms with Crippen molar-refractivity contribution < 1.29 is 17.9 Å². The summed E-state index contributed by atoms with van der Waals surface area (Å²) in [5.74, 6) is 0.181. The quantitative estimate of drug-likeness (QED) is 0.687. The van der Waals surface area contributed by atoms with Crippen LogP contribution in [-0.2, 0) is 14.8 Å².